The number of nitrogens with zero attached hydrogens (tertiary/aromatic N) is 4. The predicted octanol–water partition coefficient (Wildman–Crippen LogP) is 0.820. The van der Waals surface area contributed by atoms with Crippen molar-refractivity contribution in [2.75, 3.05) is 20.7 Å². The molecule has 0 bridgehead atoms. The zero-order chi connectivity index (χ0) is 17.8. The number of carbonyl (C=O) groups is 2. The van der Waals surface area contributed by atoms with Gasteiger partial charge in [-0.3, -0.25) is 14.7 Å². The molecule has 0 saturated carbocycles. The van der Waals surface area contributed by atoms with Crippen LogP contribution >= 0.6 is 0 Å². The lowest BCUT2D eigenvalue weighted by Crippen LogP contribution is -2.34. The van der Waals surface area contributed by atoms with Crippen LogP contribution in [-0.4, -0.2) is 57.5 Å². The first kappa shape index (κ1) is 16.9. The number of benzene rings is 1. The summed E-state index contributed by atoms with van der Waals surface area (Å²) in [6.45, 7) is 1.28. The van der Waals surface area contributed by atoms with E-state index in [0.29, 0.717) is 25.5 Å². The number of hydrogen-bond donors (Lipinski definition) is 1. The number of methoxy groups -OCH3 is 1. The molecule has 0 spiro atoms. The summed E-state index contributed by atoms with van der Waals surface area (Å²) in [7, 11) is 3.33. The molecule has 132 valence electrons. The fourth-order valence-corrected chi connectivity index (χ4v) is 2.96. The van der Waals surface area contributed by atoms with Gasteiger partial charge in [-0.2, -0.15) is 5.10 Å². The molecule has 1 aliphatic rings. The van der Waals surface area contributed by atoms with Gasteiger partial charge in [-0.25, -0.2) is 4.98 Å². The Morgan fingerprint density at radius 3 is 2.80 bits per heavy atom. The van der Waals surface area contributed by atoms with Crippen molar-refractivity contribution in [2.24, 2.45) is 5.92 Å². The molecule has 1 N–H and O–H groups in total. The van der Waals surface area contributed by atoms with Crippen molar-refractivity contribution in [2.45, 2.75) is 19.5 Å². The highest BCUT2D eigenvalue weighted by atomic mass is 16.5. The number of nitrogens with one attached hydrogen (secondary N) is 1. The summed E-state index contributed by atoms with van der Waals surface area (Å²) >= 11 is 0. The molecule has 8 nitrogen and oxygen atoms in total. The Morgan fingerprint density at radius 1 is 1.40 bits per heavy atom. The average molecular weight is 343 g/mol. The maximum absolute atomic E-state index is 12.6. The third kappa shape index (κ3) is 3.96. The van der Waals surface area contributed by atoms with Crippen LogP contribution in [0.25, 0.3) is 0 Å². The minimum Gasteiger partial charge on any atom is -0.497 e. The molecule has 3 rings (SSSR count). The molecule has 25 heavy (non-hydrogen) atoms. The van der Waals surface area contributed by atoms with E-state index in [4.69, 9.17) is 4.74 Å². The van der Waals surface area contributed by atoms with Crippen molar-refractivity contribution >= 4 is 11.8 Å². The second-order valence-electron chi connectivity index (χ2n) is 6.15. The van der Waals surface area contributed by atoms with E-state index in [-0.39, 0.29) is 24.2 Å². The summed E-state index contributed by atoms with van der Waals surface area (Å²) in [4.78, 5) is 32.1. The van der Waals surface area contributed by atoms with Crippen molar-refractivity contribution in [1.82, 2.24) is 25.0 Å². The summed E-state index contributed by atoms with van der Waals surface area (Å²) in [6.07, 6.45) is 1.65. The maximum atomic E-state index is 12.6. The maximum Gasteiger partial charge on any atom is 0.228 e. The lowest BCUT2D eigenvalue weighted by molar-refractivity contribution is -0.135. The van der Waals surface area contributed by atoms with Gasteiger partial charge in [0.25, 0.3) is 0 Å². The molecule has 1 saturated heterocycles. The first-order valence-corrected chi connectivity index (χ1v) is 8.06. The Kier molecular flexibility index (Phi) is 4.97. The average Bonchev–Trinajstić information content (AvgIpc) is 3.25. The minimum atomic E-state index is -0.321. The largest absolute Gasteiger partial charge is 0.497 e. The summed E-state index contributed by atoms with van der Waals surface area (Å²) < 4.78 is 5.14. The van der Waals surface area contributed by atoms with Gasteiger partial charge in [-0.15, -0.1) is 0 Å². The standard InChI is InChI=1S/C17H21N5O3/c1-21(10-15-18-11-19-20-15)17(24)13-7-16(23)22(9-13)8-12-3-5-14(25-2)6-4-12/h3-6,11,13H,7-10H2,1-2H3,(H,18,19,20). The van der Waals surface area contributed by atoms with Crippen molar-refractivity contribution < 1.29 is 14.3 Å². The molecular weight excluding hydrogens is 322 g/mol. The highest BCUT2D eigenvalue weighted by Crippen LogP contribution is 2.23. The molecular formula is C17H21N5O3. The molecule has 2 heterocycles. The molecule has 1 aliphatic heterocycles. The van der Waals surface area contributed by atoms with Gasteiger partial charge < -0.3 is 14.5 Å². The lowest BCUT2D eigenvalue weighted by atomic mass is 10.1. The normalized spacial score (nSPS) is 17.0. The van der Waals surface area contributed by atoms with Crippen LogP contribution < -0.4 is 4.74 Å². The fourth-order valence-electron chi connectivity index (χ4n) is 2.96. The predicted molar refractivity (Wildman–Crippen MR) is 89.4 cm³/mol. The van der Waals surface area contributed by atoms with Gasteiger partial charge in [0.2, 0.25) is 11.8 Å². The Balaban J connectivity index is 1.58. The van der Waals surface area contributed by atoms with Crippen LogP contribution in [0.15, 0.2) is 30.6 Å². The molecule has 1 aromatic heterocycles. The second kappa shape index (κ2) is 7.33. The monoisotopic (exact) mass is 343 g/mol. The number of carbonyl (C=O) groups excluding carboxylic acids is 2. The quantitative estimate of drug-likeness (QED) is 0.838. The van der Waals surface area contributed by atoms with Gasteiger partial charge in [-0.05, 0) is 17.7 Å². The van der Waals surface area contributed by atoms with E-state index in [0.717, 1.165) is 11.3 Å². The number of rotatable bonds is 6. The fraction of sp³-hybridized carbons (Fsp3) is 0.412. The molecule has 8 heteroatoms. The van der Waals surface area contributed by atoms with E-state index in [1.54, 1.807) is 24.0 Å². The Hall–Kier alpha value is -2.90. The number of amides is 2. The third-order valence-electron chi connectivity index (χ3n) is 4.32. The molecule has 1 aromatic carbocycles. The smallest absolute Gasteiger partial charge is 0.228 e. The van der Waals surface area contributed by atoms with E-state index in [2.05, 4.69) is 15.2 Å². The highest BCUT2D eigenvalue weighted by molar-refractivity contribution is 5.89. The lowest BCUT2D eigenvalue weighted by Gasteiger charge is -2.20. The number of likely N-dealkylation sites (tertiary alicyclic amines) is 1. The molecule has 1 atom stereocenters. The van der Waals surface area contributed by atoms with Crippen LogP contribution in [0, 0.1) is 5.92 Å². The van der Waals surface area contributed by atoms with Gasteiger partial charge in [0.05, 0.1) is 19.6 Å². The van der Waals surface area contributed by atoms with Crippen molar-refractivity contribution in [3.05, 3.63) is 42.0 Å². The minimum absolute atomic E-state index is 0.00207. The topological polar surface area (TPSA) is 91.4 Å². The zero-order valence-corrected chi connectivity index (χ0v) is 14.3. The van der Waals surface area contributed by atoms with Crippen LogP contribution in [0.5, 0.6) is 5.75 Å². The van der Waals surface area contributed by atoms with Gasteiger partial charge in [-0.1, -0.05) is 12.1 Å². The Morgan fingerprint density at radius 2 is 2.16 bits per heavy atom. The van der Waals surface area contributed by atoms with Crippen molar-refractivity contribution in [3.63, 3.8) is 0 Å². The van der Waals surface area contributed by atoms with Crippen LogP contribution in [0.2, 0.25) is 0 Å². The van der Waals surface area contributed by atoms with Gasteiger partial charge in [0.15, 0.2) is 0 Å². The summed E-state index contributed by atoms with van der Waals surface area (Å²) in [6, 6.07) is 7.59. The van der Waals surface area contributed by atoms with Crippen LogP contribution in [0.1, 0.15) is 17.8 Å². The number of H-pyrrole nitrogens is 1. The summed E-state index contributed by atoms with van der Waals surface area (Å²) in [5.74, 6) is 1.02. The number of aromatic nitrogens is 3. The summed E-state index contributed by atoms with van der Waals surface area (Å²) in [5, 5.41) is 6.50. The van der Waals surface area contributed by atoms with Gasteiger partial charge >= 0.3 is 0 Å². The first-order chi connectivity index (χ1) is 12.1. The van der Waals surface area contributed by atoms with Gasteiger partial charge in [0.1, 0.15) is 17.9 Å². The zero-order valence-electron chi connectivity index (χ0n) is 14.3. The Labute approximate surface area is 145 Å². The Bertz CT molecular complexity index is 729. The molecule has 0 radical (unpaired) electrons. The van der Waals surface area contributed by atoms with E-state index >= 15 is 0 Å². The summed E-state index contributed by atoms with van der Waals surface area (Å²) in [5.41, 5.74) is 1.01. The van der Waals surface area contributed by atoms with E-state index < -0.39 is 0 Å². The van der Waals surface area contributed by atoms with Gasteiger partial charge in [0, 0.05) is 26.6 Å². The third-order valence-corrected chi connectivity index (χ3v) is 4.32. The molecule has 2 aromatic rings. The molecule has 1 fully saturated rings. The second-order valence-corrected chi connectivity index (χ2v) is 6.15. The number of hydrogen-bond acceptors (Lipinski definition) is 5. The molecule has 0 aliphatic carbocycles. The molecule has 1 unspecified atom stereocenters. The van der Waals surface area contributed by atoms with E-state index in [1.807, 2.05) is 24.3 Å². The van der Waals surface area contributed by atoms with E-state index in [1.165, 1.54) is 6.33 Å². The number of ether oxygens (including phenoxy) is 1. The first-order valence-electron chi connectivity index (χ1n) is 8.06. The van der Waals surface area contributed by atoms with E-state index in [9.17, 15) is 9.59 Å². The van der Waals surface area contributed by atoms with Crippen LogP contribution in [0.4, 0.5) is 0 Å². The van der Waals surface area contributed by atoms with Crippen molar-refractivity contribution in [3.8, 4) is 5.75 Å². The van der Waals surface area contributed by atoms with Crippen LogP contribution in [0.3, 0.4) is 0 Å². The SMILES string of the molecule is COc1ccc(CN2CC(C(=O)N(C)Cc3ncn[nH]3)CC2=O)cc1. The molecule has 2 amide bonds. The van der Waals surface area contributed by atoms with Crippen LogP contribution in [-0.2, 0) is 22.7 Å². The van der Waals surface area contributed by atoms with Crippen molar-refractivity contribution in [1.29, 1.82) is 0 Å². The number of aromatic amines is 1. The highest BCUT2D eigenvalue weighted by Gasteiger charge is 2.35.